The van der Waals surface area contributed by atoms with Crippen LogP contribution in [0.3, 0.4) is 0 Å². The highest BCUT2D eigenvalue weighted by Crippen LogP contribution is 2.21. The predicted octanol–water partition coefficient (Wildman–Crippen LogP) is 1.41. The Morgan fingerprint density at radius 2 is 2.00 bits per heavy atom. The summed E-state index contributed by atoms with van der Waals surface area (Å²) in [5.41, 5.74) is 0.865. The molecule has 150 valence electrons. The highest BCUT2D eigenvalue weighted by atomic mass is 19.1. The van der Waals surface area contributed by atoms with Gasteiger partial charge in [-0.15, -0.1) is 5.10 Å². The van der Waals surface area contributed by atoms with Crippen LogP contribution in [0.1, 0.15) is 31.7 Å². The third kappa shape index (κ3) is 4.52. The number of hydrogen-bond acceptors (Lipinski definition) is 5. The van der Waals surface area contributed by atoms with E-state index in [0.29, 0.717) is 25.5 Å². The molecule has 0 spiro atoms. The summed E-state index contributed by atoms with van der Waals surface area (Å²) in [7, 11) is 0. The van der Waals surface area contributed by atoms with Gasteiger partial charge in [0.05, 0.1) is 6.04 Å². The maximum atomic E-state index is 13.2. The number of aromatic nitrogens is 4. The fourth-order valence-electron chi connectivity index (χ4n) is 3.39. The Balaban J connectivity index is 1.76. The molecule has 1 aliphatic heterocycles. The van der Waals surface area contributed by atoms with Gasteiger partial charge in [-0.3, -0.25) is 9.59 Å². The van der Waals surface area contributed by atoms with Crippen molar-refractivity contribution in [3.05, 3.63) is 41.5 Å². The summed E-state index contributed by atoms with van der Waals surface area (Å²) in [4.78, 5) is 29.1. The molecule has 0 N–H and O–H groups in total. The quantitative estimate of drug-likeness (QED) is 0.773. The smallest absolute Gasteiger partial charge is 0.244 e. The van der Waals surface area contributed by atoms with Gasteiger partial charge in [0.15, 0.2) is 0 Å². The minimum Gasteiger partial charge on any atom is -0.338 e. The number of aryl methyl sites for hydroxylation is 1. The van der Waals surface area contributed by atoms with Gasteiger partial charge in [0.25, 0.3) is 0 Å². The number of nitrogens with zero attached hydrogens (tertiary/aromatic N) is 6. The van der Waals surface area contributed by atoms with Crippen molar-refractivity contribution in [2.75, 3.05) is 13.1 Å². The Kier molecular flexibility index (Phi) is 6.01. The maximum absolute atomic E-state index is 13.2. The van der Waals surface area contributed by atoms with Gasteiger partial charge >= 0.3 is 0 Å². The predicted molar refractivity (Wildman–Crippen MR) is 99.3 cm³/mol. The molecule has 1 aromatic heterocycles. The van der Waals surface area contributed by atoms with Gasteiger partial charge in [-0.1, -0.05) is 26.0 Å². The number of benzene rings is 1. The summed E-state index contributed by atoms with van der Waals surface area (Å²) >= 11 is 0. The number of carbonyl (C=O) groups is 2. The molecule has 0 radical (unpaired) electrons. The fraction of sp³-hybridized carbons (Fsp3) is 0.526. The van der Waals surface area contributed by atoms with Gasteiger partial charge in [-0.25, -0.2) is 9.07 Å². The summed E-state index contributed by atoms with van der Waals surface area (Å²) in [6, 6.07) is 6.04. The summed E-state index contributed by atoms with van der Waals surface area (Å²) in [5.74, 6) is 0.306. The monoisotopic (exact) mass is 388 g/mol. The third-order valence-electron chi connectivity index (χ3n) is 5.11. The van der Waals surface area contributed by atoms with E-state index in [9.17, 15) is 14.0 Å². The second-order valence-electron chi connectivity index (χ2n) is 7.43. The van der Waals surface area contributed by atoms with Gasteiger partial charge in [-0.05, 0) is 41.0 Å². The number of rotatable bonds is 5. The summed E-state index contributed by atoms with van der Waals surface area (Å²) in [5, 5.41) is 11.2. The van der Waals surface area contributed by atoms with Crippen LogP contribution in [0.25, 0.3) is 0 Å². The second-order valence-corrected chi connectivity index (χ2v) is 7.43. The number of tetrazole rings is 1. The molecule has 1 saturated heterocycles. The standard InChI is InChI=1S/C19H25FN6O2/c1-13(2)17-11-24(19(28)12-26-14(3)21-22-23-26)9-8-18(27)25(17)10-15-4-6-16(20)7-5-15/h4-7,13,17H,8-12H2,1-3H3/t17-/m1/s1. The van der Waals surface area contributed by atoms with Crippen molar-refractivity contribution in [2.45, 2.75) is 46.3 Å². The molecule has 28 heavy (non-hydrogen) atoms. The van der Waals surface area contributed by atoms with E-state index in [1.165, 1.54) is 16.8 Å². The first-order valence-corrected chi connectivity index (χ1v) is 9.39. The molecule has 0 bridgehead atoms. The van der Waals surface area contributed by atoms with E-state index in [4.69, 9.17) is 0 Å². The molecular weight excluding hydrogens is 363 g/mol. The van der Waals surface area contributed by atoms with Gasteiger partial charge < -0.3 is 9.80 Å². The van der Waals surface area contributed by atoms with Gasteiger partial charge in [0, 0.05) is 26.1 Å². The average molecular weight is 388 g/mol. The Morgan fingerprint density at radius 3 is 2.61 bits per heavy atom. The maximum Gasteiger partial charge on any atom is 0.244 e. The van der Waals surface area contributed by atoms with Gasteiger partial charge in [0.2, 0.25) is 11.8 Å². The van der Waals surface area contributed by atoms with Crippen LogP contribution in [0.4, 0.5) is 4.39 Å². The van der Waals surface area contributed by atoms with E-state index >= 15 is 0 Å². The topological polar surface area (TPSA) is 84.2 Å². The molecule has 1 fully saturated rings. The summed E-state index contributed by atoms with van der Waals surface area (Å²) < 4.78 is 14.6. The lowest BCUT2D eigenvalue weighted by Gasteiger charge is -2.34. The zero-order valence-electron chi connectivity index (χ0n) is 16.4. The second kappa shape index (κ2) is 8.45. The zero-order valence-corrected chi connectivity index (χ0v) is 16.4. The van der Waals surface area contributed by atoms with Crippen LogP contribution in [-0.4, -0.2) is 61.0 Å². The molecule has 0 aliphatic carbocycles. The lowest BCUT2D eigenvalue weighted by Crippen LogP contribution is -2.47. The minimum atomic E-state index is -0.305. The zero-order chi connectivity index (χ0) is 20.3. The number of hydrogen-bond donors (Lipinski definition) is 0. The number of carbonyl (C=O) groups excluding carboxylic acids is 2. The van der Waals surface area contributed by atoms with Crippen LogP contribution >= 0.6 is 0 Å². The molecule has 2 amide bonds. The fourth-order valence-corrected chi connectivity index (χ4v) is 3.39. The van der Waals surface area contributed by atoms with Crippen LogP contribution < -0.4 is 0 Å². The van der Waals surface area contributed by atoms with Crippen LogP contribution in [0.2, 0.25) is 0 Å². The number of halogens is 1. The summed E-state index contributed by atoms with van der Waals surface area (Å²) in [6.45, 7) is 7.07. The highest BCUT2D eigenvalue weighted by molar-refractivity contribution is 5.80. The average Bonchev–Trinajstić information content (AvgIpc) is 2.97. The van der Waals surface area contributed by atoms with Crippen molar-refractivity contribution in [3.8, 4) is 0 Å². The molecule has 1 aromatic carbocycles. The third-order valence-corrected chi connectivity index (χ3v) is 5.11. The Bertz CT molecular complexity index is 835. The number of amides is 2. The van der Waals surface area contributed by atoms with Gasteiger partial charge in [0.1, 0.15) is 18.2 Å². The normalized spacial score (nSPS) is 17.9. The van der Waals surface area contributed by atoms with Gasteiger partial charge in [-0.2, -0.15) is 0 Å². The molecule has 8 nitrogen and oxygen atoms in total. The minimum absolute atomic E-state index is 0.00284. The first kappa shape index (κ1) is 19.9. The molecule has 2 aromatic rings. The lowest BCUT2D eigenvalue weighted by atomic mass is 10.0. The molecule has 3 rings (SSSR count). The van der Waals surface area contributed by atoms with Crippen LogP contribution in [0.15, 0.2) is 24.3 Å². The van der Waals surface area contributed by atoms with E-state index in [-0.39, 0.29) is 42.6 Å². The van der Waals surface area contributed by atoms with Crippen molar-refractivity contribution >= 4 is 11.8 Å². The SMILES string of the molecule is Cc1nnnn1CC(=O)N1CCC(=O)N(Cc2ccc(F)cc2)[C@@H](C(C)C)C1. The van der Waals surface area contributed by atoms with Crippen LogP contribution in [0.5, 0.6) is 0 Å². The van der Waals surface area contributed by atoms with E-state index in [0.717, 1.165) is 5.56 Å². The molecular formula is C19H25FN6O2. The molecule has 1 aliphatic rings. The molecule has 9 heteroatoms. The largest absolute Gasteiger partial charge is 0.338 e. The van der Waals surface area contributed by atoms with Crippen molar-refractivity contribution in [1.82, 2.24) is 30.0 Å². The van der Waals surface area contributed by atoms with E-state index in [1.807, 2.05) is 18.7 Å². The molecule has 1 atom stereocenters. The highest BCUT2D eigenvalue weighted by Gasteiger charge is 2.33. The summed E-state index contributed by atoms with van der Waals surface area (Å²) in [6.07, 6.45) is 0.255. The van der Waals surface area contributed by atoms with Crippen LogP contribution in [-0.2, 0) is 22.7 Å². The Hall–Kier alpha value is -2.84. The first-order chi connectivity index (χ1) is 13.3. The van der Waals surface area contributed by atoms with E-state index in [1.54, 1.807) is 24.0 Å². The van der Waals surface area contributed by atoms with E-state index < -0.39 is 0 Å². The Labute approximate surface area is 163 Å². The molecule has 2 heterocycles. The molecule has 0 unspecified atom stereocenters. The van der Waals surface area contributed by atoms with Crippen molar-refractivity contribution in [2.24, 2.45) is 5.92 Å². The lowest BCUT2D eigenvalue weighted by molar-refractivity contribution is -0.134. The first-order valence-electron chi connectivity index (χ1n) is 9.39. The Morgan fingerprint density at radius 1 is 1.29 bits per heavy atom. The van der Waals surface area contributed by atoms with Crippen molar-refractivity contribution in [3.63, 3.8) is 0 Å². The van der Waals surface area contributed by atoms with E-state index in [2.05, 4.69) is 15.5 Å². The van der Waals surface area contributed by atoms with Crippen molar-refractivity contribution < 1.29 is 14.0 Å². The van der Waals surface area contributed by atoms with Crippen molar-refractivity contribution in [1.29, 1.82) is 0 Å². The van der Waals surface area contributed by atoms with Crippen LogP contribution in [0, 0.1) is 18.7 Å². The molecule has 0 saturated carbocycles.